The summed E-state index contributed by atoms with van der Waals surface area (Å²) in [6.45, 7) is 5.05. The van der Waals surface area contributed by atoms with Gasteiger partial charge >= 0.3 is 0 Å². The maximum absolute atomic E-state index is 5.79. The van der Waals surface area contributed by atoms with E-state index in [4.69, 9.17) is 22.7 Å². The number of nitrogens with two attached hydrogens (primary N) is 1. The topological polar surface area (TPSA) is 35.2 Å². The first-order valence-corrected chi connectivity index (χ1v) is 6.49. The lowest BCUT2D eigenvalue weighted by molar-refractivity contribution is 0.268. The Morgan fingerprint density at radius 3 is 2.71 bits per heavy atom. The monoisotopic (exact) mass is 251 g/mol. The Bertz CT molecular complexity index is 363. The molecule has 0 bridgehead atoms. The van der Waals surface area contributed by atoms with Gasteiger partial charge in [0.1, 0.15) is 5.75 Å². The molecule has 0 aliphatic heterocycles. The van der Waals surface area contributed by atoms with Gasteiger partial charge in [-0.05, 0) is 36.8 Å². The fraction of sp³-hybridized carbons (Fsp3) is 0.500. The highest BCUT2D eigenvalue weighted by Gasteiger charge is 2.04. The molecule has 0 heterocycles. The van der Waals surface area contributed by atoms with Crippen molar-refractivity contribution < 1.29 is 4.74 Å². The van der Waals surface area contributed by atoms with Crippen LogP contribution in [0.5, 0.6) is 5.75 Å². The average Bonchev–Trinajstić information content (AvgIpc) is 2.27. The van der Waals surface area contributed by atoms with E-state index in [1.807, 2.05) is 18.2 Å². The highest BCUT2D eigenvalue weighted by molar-refractivity contribution is 7.80. The van der Waals surface area contributed by atoms with Crippen molar-refractivity contribution in [2.45, 2.75) is 33.1 Å². The summed E-state index contributed by atoms with van der Waals surface area (Å²) >= 11 is 4.88. The maximum atomic E-state index is 5.79. The molecule has 0 saturated carbocycles. The van der Waals surface area contributed by atoms with Gasteiger partial charge in [-0.15, -0.1) is 0 Å². The number of rotatable bonds is 7. The zero-order valence-electron chi connectivity index (χ0n) is 10.6. The third kappa shape index (κ3) is 5.68. The highest BCUT2D eigenvalue weighted by Crippen LogP contribution is 2.20. The molecule has 0 aromatic heterocycles. The van der Waals surface area contributed by atoms with E-state index in [1.54, 1.807) is 0 Å². The molecule has 2 nitrogen and oxygen atoms in total. The normalized spacial score (nSPS) is 10.5. The molecule has 94 valence electrons. The lowest BCUT2D eigenvalue weighted by Gasteiger charge is -2.12. The van der Waals surface area contributed by atoms with E-state index < -0.39 is 0 Å². The van der Waals surface area contributed by atoms with Crippen LogP contribution in [0.4, 0.5) is 0 Å². The van der Waals surface area contributed by atoms with Crippen molar-refractivity contribution in [2.75, 3.05) is 6.61 Å². The molecule has 1 rings (SSSR count). The van der Waals surface area contributed by atoms with E-state index in [-0.39, 0.29) is 0 Å². The first kappa shape index (κ1) is 14.0. The third-order valence-corrected chi connectivity index (χ3v) is 2.62. The summed E-state index contributed by atoms with van der Waals surface area (Å²) in [7, 11) is 0. The summed E-state index contributed by atoms with van der Waals surface area (Å²) in [6.07, 6.45) is 2.75. The van der Waals surface area contributed by atoms with Crippen molar-refractivity contribution in [3.63, 3.8) is 0 Å². The fourth-order valence-corrected chi connectivity index (χ4v) is 1.71. The van der Waals surface area contributed by atoms with E-state index in [0.29, 0.717) is 10.9 Å². The number of aryl methyl sites for hydroxylation is 1. The molecule has 2 N–H and O–H groups in total. The molecule has 17 heavy (non-hydrogen) atoms. The van der Waals surface area contributed by atoms with Gasteiger partial charge in [0.25, 0.3) is 0 Å². The van der Waals surface area contributed by atoms with Crippen LogP contribution in [0.25, 0.3) is 0 Å². The summed E-state index contributed by atoms with van der Waals surface area (Å²) in [5.74, 6) is 1.53. The van der Waals surface area contributed by atoms with Gasteiger partial charge < -0.3 is 10.5 Å². The largest absolute Gasteiger partial charge is 0.493 e. The molecule has 0 aliphatic rings. The summed E-state index contributed by atoms with van der Waals surface area (Å²) in [5.41, 5.74) is 6.73. The first-order chi connectivity index (χ1) is 8.09. The van der Waals surface area contributed by atoms with Gasteiger partial charge in [0.2, 0.25) is 0 Å². The van der Waals surface area contributed by atoms with Crippen molar-refractivity contribution in [3.8, 4) is 5.75 Å². The van der Waals surface area contributed by atoms with Crippen LogP contribution in [0.15, 0.2) is 24.3 Å². The molecule has 0 saturated heterocycles. The van der Waals surface area contributed by atoms with Crippen LogP contribution in [-0.4, -0.2) is 11.6 Å². The van der Waals surface area contributed by atoms with Gasteiger partial charge in [0.05, 0.1) is 11.6 Å². The summed E-state index contributed by atoms with van der Waals surface area (Å²) < 4.78 is 5.79. The number of benzene rings is 1. The molecule has 1 aromatic carbocycles. The van der Waals surface area contributed by atoms with Gasteiger partial charge in [0.15, 0.2) is 0 Å². The van der Waals surface area contributed by atoms with Crippen molar-refractivity contribution in [1.82, 2.24) is 0 Å². The van der Waals surface area contributed by atoms with Crippen LogP contribution >= 0.6 is 12.2 Å². The van der Waals surface area contributed by atoms with Gasteiger partial charge in [-0.1, -0.05) is 44.3 Å². The predicted molar refractivity (Wildman–Crippen MR) is 76.5 cm³/mol. The molecular weight excluding hydrogens is 230 g/mol. The van der Waals surface area contributed by atoms with E-state index in [1.165, 1.54) is 5.56 Å². The number of ether oxygens (including phenoxy) is 1. The Kier molecular flexibility index (Phi) is 5.98. The molecular formula is C14H21NOS. The van der Waals surface area contributed by atoms with Gasteiger partial charge in [-0.3, -0.25) is 0 Å². The van der Waals surface area contributed by atoms with E-state index in [9.17, 15) is 0 Å². The third-order valence-electron chi connectivity index (χ3n) is 2.41. The molecule has 0 aliphatic carbocycles. The second kappa shape index (κ2) is 7.28. The number of thiocarbonyl (C=S) groups is 1. The lowest BCUT2D eigenvalue weighted by atomic mass is 10.1. The van der Waals surface area contributed by atoms with Crippen molar-refractivity contribution >= 4 is 17.2 Å². The molecule has 0 unspecified atom stereocenters. The first-order valence-electron chi connectivity index (χ1n) is 6.08. The van der Waals surface area contributed by atoms with Crippen LogP contribution in [0.2, 0.25) is 0 Å². The lowest BCUT2D eigenvalue weighted by Crippen LogP contribution is -2.08. The number of para-hydroxylation sites is 1. The van der Waals surface area contributed by atoms with Crippen LogP contribution in [0.3, 0.4) is 0 Å². The Morgan fingerprint density at radius 1 is 1.35 bits per heavy atom. The van der Waals surface area contributed by atoms with Crippen LogP contribution < -0.4 is 10.5 Å². The molecule has 0 atom stereocenters. The van der Waals surface area contributed by atoms with E-state index >= 15 is 0 Å². The van der Waals surface area contributed by atoms with Crippen LogP contribution in [0, 0.1) is 5.92 Å². The van der Waals surface area contributed by atoms with E-state index in [0.717, 1.165) is 31.6 Å². The highest BCUT2D eigenvalue weighted by atomic mass is 32.1. The predicted octanol–water partition coefficient (Wildman–Crippen LogP) is 3.33. The minimum atomic E-state index is 0.541. The number of hydrogen-bond donors (Lipinski definition) is 1. The Balaban J connectivity index is 2.54. The minimum Gasteiger partial charge on any atom is -0.493 e. The molecule has 0 spiro atoms. The van der Waals surface area contributed by atoms with Crippen LogP contribution in [-0.2, 0) is 6.42 Å². The Morgan fingerprint density at radius 2 is 2.06 bits per heavy atom. The summed E-state index contributed by atoms with van der Waals surface area (Å²) in [6, 6.07) is 8.18. The summed E-state index contributed by atoms with van der Waals surface area (Å²) in [4.78, 5) is 0.588. The molecule has 1 aromatic rings. The second-order valence-electron chi connectivity index (χ2n) is 4.63. The Labute approximate surface area is 109 Å². The van der Waals surface area contributed by atoms with Crippen LogP contribution in [0.1, 0.15) is 32.3 Å². The van der Waals surface area contributed by atoms with Crippen molar-refractivity contribution in [2.24, 2.45) is 11.7 Å². The summed E-state index contributed by atoms with van der Waals surface area (Å²) in [5, 5.41) is 0. The van der Waals surface area contributed by atoms with Gasteiger partial charge in [0, 0.05) is 0 Å². The minimum absolute atomic E-state index is 0.541. The molecule has 0 fully saturated rings. The molecule has 0 amide bonds. The average molecular weight is 251 g/mol. The quantitative estimate of drug-likeness (QED) is 0.755. The zero-order valence-corrected chi connectivity index (χ0v) is 11.4. The molecule has 0 radical (unpaired) electrons. The fourth-order valence-electron chi connectivity index (χ4n) is 1.56. The van der Waals surface area contributed by atoms with E-state index in [2.05, 4.69) is 19.9 Å². The SMILES string of the molecule is CC(C)COc1ccccc1CCCC(N)=S. The number of hydrogen-bond acceptors (Lipinski definition) is 2. The van der Waals surface area contributed by atoms with Crippen molar-refractivity contribution in [3.05, 3.63) is 29.8 Å². The van der Waals surface area contributed by atoms with Gasteiger partial charge in [-0.2, -0.15) is 0 Å². The second-order valence-corrected chi connectivity index (χ2v) is 5.16. The van der Waals surface area contributed by atoms with Crippen molar-refractivity contribution in [1.29, 1.82) is 0 Å². The smallest absolute Gasteiger partial charge is 0.122 e. The standard InChI is InChI=1S/C14H21NOS/c1-11(2)10-16-13-8-4-3-6-12(13)7-5-9-14(15)17/h3-4,6,8,11H,5,7,9-10H2,1-2H3,(H2,15,17). The Hall–Kier alpha value is -1.09. The maximum Gasteiger partial charge on any atom is 0.122 e. The van der Waals surface area contributed by atoms with Gasteiger partial charge in [-0.25, -0.2) is 0 Å². The zero-order chi connectivity index (χ0) is 12.7. The molecule has 3 heteroatoms.